The molecule has 8 heteroatoms. The second kappa shape index (κ2) is 8.23. The monoisotopic (exact) mass is 366 g/mol. The largest absolute Gasteiger partial charge is 0.497 e. The highest BCUT2D eigenvalue weighted by molar-refractivity contribution is 7.18. The summed E-state index contributed by atoms with van der Waals surface area (Å²) >= 11 is 1.53. The van der Waals surface area contributed by atoms with Gasteiger partial charge in [-0.15, -0.1) is 23.7 Å². The lowest BCUT2D eigenvalue weighted by molar-refractivity contribution is 0.415. The number of methoxy groups -OCH3 is 1. The maximum Gasteiger partial charge on any atom is 0.269 e. The average molecular weight is 367 g/mol. The van der Waals surface area contributed by atoms with Crippen molar-refractivity contribution in [3.63, 3.8) is 0 Å². The molecule has 3 aromatic rings. The first kappa shape index (κ1) is 18.4. The molecule has 6 nitrogen and oxygen atoms in total. The molecule has 0 saturated carbocycles. The van der Waals surface area contributed by atoms with E-state index in [9.17, 15) is 0 Å². The molecule has 0 amide bonds. The van der Waals surface area contributed by atoms with Crippen LogP contribution < -0.4 is 10.1 Å². The van der Waals surface area contributed by atoms with Crippen LogP contribution in [0, 0.1) is 0 Å². The molecule has 1 unspecified atom stereocenters. The van der Waals surface area contributed by atoms with Crippen LogP contribution in [0.4, 0.5) is 0 Å². The van der Waals surface area contributed by atoms with Crippen molar-refractivity contribution in [2.24, 2.45) is 0 Å². The first-order valence-electron chi connectivity index (χ1n) is 7.30. The molecule has 1 atom stereocenters. The Labute approximate surface area is 150 Å². The fraction of sp³-hybridized carbons (Fsp3) is 0.312. The van der Waals surface area contributed by atoms with Crippen molar-refractivity contribution in [1.82, 2.24) is 20.4 Å². The SMILES string of the molecule is CNC(C)Cc1noc(-c2cnc(-c3ccc(OC)cc3)s2)n1.Cl. The molecule has 24 heavy (non-hydrogen) atoms. The Balaban J connectivity index is 0.00000208. The lowest BCUT2D eigenvalue weighted by Gasteiger charge is -2.04. The number of hydrogen-bond acceptors (Lipinski definition) is 7. The second-order valence-electron chi connectivity index (χ2n) is 5.17. The van der Waals surface area contributed by atoms with Crippen LogP contribution in [0.5, 0.6) is 5.75 Å². The van der Waals surface area contributed by atoms with Crippen molar-refractivity contribution in [2.45, 2.75) is 19.4 Å². The van der Waals surface area contributed by atoms with Gasteiger partial charge < -0.3 is 14.6 Å². The van der Waals surface area contributed by atoms with Crippen LogP contribution in [-0.4, -0.2) is 35.3 Å². The maximum absolute atomic E-state index is 5.34. The minimum atomic E-state index is 0. The number of ether oxygens (including phenoxy) is 1. The molecule has 0 aliphatic carbocycles. The van der Waals surface area contributed by atoms with Crippen LogP contribution >= 0.6 is 23.7 Å². The minimum Gasteiger partial charge on any atom is -0.497 e. The molecule has 0 saturated heterocycles. The molecule has 2 aromatic heterocycles. The Kier molecular flexibility index (Phi) is 6.30. The van der Waals surface area contributed by atoms with Gasteiger partial charge in [0.15, 0.2) is 5.82 Å². The molecule has 2 heterocycles. The quantitative estimate of drug-likeness (QED) is 0.720. The number of halogens is 1. The highest BCUT2D eigenvalue weighted by atomic mass is 35.5. The molecular formula is C16H19ClN4O2S. The van der Waals surface area contributed by atoms with E-state index >= 15 is 0 Å². The Hall–Kier alpha value is -1.96. The van der Waals surface area contributed by atoms with E-state index in [1.54, 1.807) is 13.3 Å². The van der Waals surface area contributed by atoms with E-state index in [1.807, 2.05) is 31.3 Å². The van der Waals surface area contributed by atoms with Crippen LogP contribution in [0.3, 0.4) is 0 Å². The van der Waals surface area contributed by atoms with Crippen molar-refractivity contribution in [2.75, 3.05) is 14.2 Å². The van der Waals surface area contributed by atoms with Gasteiger partial charge in [-0.3, -0.25) is 0 Å². The molecule has 0 spiro atoms. The third-order valence-electron chi connectivity index (χ3n) is 3.50. The van der Waals surface area contributed by atoms with Crippen LogP contribution in [0.1, 0.15) is 12.7 Å². The summed E-state index contributed by atoms with van der Waals surface area (Å²) in [7, 11) is 3.56. The van der Waals surface area contributed by atoms with Gasteiger partial charge in [0.05, 0.1) is 13.3 Å². The topological polar surface area (TPSA) is 73.1 Å². The molecule has 1 N–H and O–H groups in total. The number of hydrogen-bond donors (Lipinski definition) is 1. The van der Waals surface area contributed by atoms with Gasteiger partial charge in [-0.25, -0.2) is 4.98 Å². The van der Waals surface area contributed by atoms with E-state index in [2.05, 4.69) is 27.4 Å². The Morgan fingerprint density at radius 2 is 2.04 bits per heavy atom. The summed E-state index contributed by atoms with van der Waals surface area (Å²) in [4.78, 5) is 9.75. The van der Waals surface area contributed by atoms with Crippen molar-refractivity contribution in [1.29, 1.82) is 0 Å². The second-order valence-corrected chi connectivity index (χ2v) is 6.20. The van der Waals surface area contributed by atoms with Gasteiger partial charge >= 0.3 is 0 Å². The van der Waals surface area contributed by atoms with Crippen molar-refractivity contribution in [3.05, 3.63) is 36.3 Å². The number of aromatic nitrogens is 3. The Bertz CT molecular complexity index is 772. The summed E-state index contributed by atoms with van der Waals surface area (Å²) in [5.41, 5.74) is 1.03. The third-order valence-corrected chi connectivity index (χ3v) is 4.54. The van der Waals surface area contributed by atoms with E-state index in [-0.39, 0.29) is 12.4 Å². The lowest BCUT2D eigenvalue weighted by Crippen LogP contribution is -2.24. The molecule has 0 fully saturated rings. The minimum absolute atomic E-state index is 0. The third kappa shape index (κ3) is 4.11. The van der Waals surface area contributed by atoms with E-state index in [0.717, 1.165) is 27.6 Å². The zero-order chi connectivity index (χ0) is 16.2. The predicted molar refractivity (Wildman–Crippen MR) is 96.9 cm³/mol. The number of rotatable bonds is 6. The summed E-state index contributed by atoms with van der Waals surface area (Å²) < 4.78 is 10.5. The summed E-state index contributed by atoms with van der Waals surface area (Å²) in [5, 5.41) is 8.09. The smallest absolute Gasteiger partial charge is 0.269 e. The summed E-state index contributed by atoms with van der Waals surface area (Å²) in [6.07, 6.45) is 2.49. The molecular weight excluding hydrogens is 348 g/mol. The Morgan fingerprint density at radius 1 is 1.29 bits per heavy atom. The number of nitrogens with zero attached hydrogens (tertiary/aromatic N) is 3. The van der Waals surface area contributed by atoms with Crippen molar-refractivity contribution < 1.29 is 9.26 Å². The first-order valence-corrected chi connectivity index (χ1v) is 8.11. The van der Waals surface area contributed by atoms with Crippen LogP contribution in [0.25, 0.3) is 21.3 Å². The molecule has 0 bridgehead atoms. The van der Waals surface area contributed by atoms with Gasteiger partial charge in [0.2, 0.25) is 0 Å². The van der Waals surface area contributed by atoms with Gasteiger partial charge in [0.25, 0.3) is 5.89 Å². The van der Waals surface area contributed by atoms with E-state index in [4.69, 9.17) is 9.26 Å². The molecule has 0 radical (unpaired) electrons. The molecule has 1 aromatic carbocycles. The van der Waals surface area contributed by atoms with Crippen molar-refractivity contribution in [3.8, 4) is 27.1 Å². The van der Waals surface area contributed by atoms with E-state index in [0.29, 0.717) is 17.8 Å². The average Bonchev–Trinajstić information content (AvgIpc) is 3.24. The zero-order valence-electron chi connectivity index (χ0n) is 13.6. The van der Waals surface area contributed by atoms with Gasteiger partial charge in [0.1, 0.15) is 15.6 Å². The van der Waals surface area contributed by atoms with Crippen LogP contribution in [0.15, 0.2) is 35.0 Å². The first-order chi connectivity index (χ1) is 11.2. The fourth-order valence-corrected chi connectivity index (χ4v) is 2.90. The van der Waals surface area contributed by atoms with Gasteiger partial charge in [-0.05, 0) is 38.2 Å². The predicted octanol–water partition coefficient (Wildman–Crippen LogP) is 3.44. The standard InChI is InChI=1S/C16H18N4O2S.ClH/c1-10(17-2)8-14-19-15(22-20-14)13-9-18-16(23-13)11-4-6-12(21-3)7-5-11;/h4-7,9-10,17H,8H2,1-3H3;1H. The van der Waals surface area contributed by atoms with E-state index < -0.39 is 0 Å². The molecule has 0 aliphatic rings. The van der Waals surface area contributed by atoms with Crippen LogP contribution in [0.2, 0.25) is 0 Å². The number of nitrogens with one attached hydrogen (secondary N) is 1. The van der Waals surface area contributed by atoms with Crippen molar-refractivity contribution >= 4 is 23.7 Å². The maximum atomic E-state index is 5.34. The highest BCUT2D eigenvalue weighted by Gasteiger charge is 2.14. The summed E-state index contributed by atoms with van der Waals surface area (Å²) in [5.74, 6) is 2.03. The molecule has 0 aliphatic heterocycles. The number of benzene rings is 1. The fourth-order valence-electron chi connectivity index (χ4n) is 2.05. The van der Waals surface area contributed by atoms with Gasteiger partial charge in [0, 0.05) is 18.0 Å². The van der Waals surface area contributed by atoms with Gasteiger partial charge in [-0.1, -0.05) is 5.16 Å². The molecule has 128 valence electrons. The van der Waals surface area contributed by atoms with E-state index in [1.165, 1.54) is 11.3 Å². The number of thiazole rings is 1. The Morgan fingerprint density at radius 3 is 2.71 bits per heavy atom. The number of likely N-dealkylation sites (N-methyl/N-ethyl adjacent to an activating group) is 1. The summed E-state index contributed by atoms with van der Waals surface area (Å²) in [6.45, 7) is 2.07. The molecule has 3 rings (SSSR count). The van der Waals surface area contributed by atoms with Gasteiger partial charge in [-0.2, -0.15) is 4.98 Å². The normalized spacial score (nSPS) is 11.8. The van der Waals surface area contributed by atoms with Crippen LogP contribution in [-0.2, 0) is 6.42 Å². The zero-order valence-corrected chi connectivity index (χ0v) is 15.3. The highest BCUT2D eigenvalue weighted by Crippen LogP contribution is 2.31. The lowest BCUT2D eigenvalue weighted by atomic mass is 10.2. The summed E-state index contributed by atoms with van der Waals surface area (Å²) in [6, 6.07) is 8.10.